The summed E-state index contributed by atoms with van der Waals surface area (Å²) in [5, 5.41) is 7.00. The van der Waals surface area contributed by atoms with Crippen LogP contribution in [-0.4, -0.2) is 12.2 Å². The first-order chi connectivity index (χ1) is 1.00. The third kappa shape index (κ3) is 19.5. The Labute approximate surface area is 98.8 Å². The fourth-order valence-electron chi connectivity index (χ4n) is 0. The molecule has 0 aliphatic rings. The van der Waals surface area contributed by atoms with Crippen LogP contribution in [0, 0.1) is 0 Å². The fraction of sp³-hybridized carbons (Fsp3) is 1.00. The second-order valence-electron chi connectivity index (χ2n) is 0. The molecule has 1 nitrogen and oxygen atoms in total. The van der Waals surface area contributed by atoms with Gasteiger partial charge in [0.25, 0.3) is 0 Å². The monoisotopic (exact) mass is 101 g/mol. The minimum absolute atomic E-state index is 0. The summed E-state index contributed by atoms with van der Waals surface area (Å²) in [7, 11) is 1.00. The van der Waals surface area contributed by atoms with E-state index in [-0.39, 0.29) is 88.7 Å². The predicted molar refractivity (Wildman–Crippen MR) is 8.14 cm³/mol. The van der Waals surface area contributed by atoms with E-state index in [1.807, 2.05) is 0 Å². The van der Waals surface area contributed by atoms with Gasteiger partial charge in [0.2, 0.25) is 0 Å². The molecule has 0 aromatic rings. The quantitative estimate of drug-likeness (QED) is 0.300. The normalized spacial score (nSPS) is 1.20. The Morgan fingerprint density at radius 2 is 0.800 bits per heavy atom. The van der Waals surface area contributed by atoms with E-state index in [4.69, 9.17) is 5.11 Å². The summed E-state index contributed by atoms with van der Waals surface area (Å²) in [4.78, 5) is 0. The molecule has 0 amide bonds. The largest absolute Gasteiger partial charge is 1.00 e. The van der Waals surface area contributed by atoms with Gasteiger partial charge in [-0.3, -0.25) is 0 Å². The number of hydrogen-bond donors (Lipinski definition) is 1. The van der Waals surface area contributed by atoms with E-state index in [9.17, 15) is 0 Å². The Hall–Kier alpha value is 2.96. The Morgan fingerprint density at radius 3 is 0.800 bits per heavy atom. The SMILES string of the molecule is CO.[Na+].[Na+].[Na+]. The van der Waals surface area contributed by atoms with Crippen LogP contribution in [0.5, 0.6) is 0 Å². The molecule has 5 heavy (non-hydrogen) atoms. The van der Waals surface area contributed by atoms with Gasteiger partial charge in [0.05, 0.1) is 0 Å². The Balaban J connectivity index is -0.00000000167. The average Bonchev–Trinajstić information content (AvgIpc) is 1.00. The van der Waals surface area contributed by atoms with Crippen molar-refractivity contribution in [3.63, 3.8) is 0 Å². The average molecular weight is 101 g/mol. The van der Waals surface area contributed by atoms with E-state index < -0.39 is 0 Å². The molecule has 0 aliphatic heterocycles. The predicted octanol–water partition coefficient (Wildman–Crippen LogP) is -9.38. The topological polar surface area (TPSA) is 20.2 Å². The minimum Gasteiger partial charge on any atom is -0.400 e. The molecule has 0 spiro atoms. The number of aliphatic hydroxyl groups excluding tert-OH is 1. The summed E-state index contributed by atoms with van der Waals surface area (Å²) < 4.78 is 0. The standard InChI is InChI=1S/CH4O.3Na/c1-2;;;/h2H,1H3;;;/q;3*+1. The Bertz CT molecular complexity index is 6.85. The van der Waals surface area contributed by atoms with Crippen LogP contribution in [0.25, 0.3) is 0 Å². The molecule has 0 aliphatic carbocycles. The third-order valence-corrected chi connectivity index (χ3v) is 0. The molecule has 0 radical (unpaired) electrons. The first-order valence-electron chi connectivity index (χ1n) is 0.447. The van der Waals surface area contributed by atoms with E-state index >= 15 is 0 Å². The minimum atomic E-state index is 0. The second kappa shape index (κ2) is 28.2. The summed E-state index contributed by atoms with van der Waals surface area (Å²) in [5.41, 5.74) is 0. The first kappa shape index (κ1) is 24.6. The van der Waals surface area contributed by atoms with Crippen LogP contribution in [0.15, 0.2) is 0 Å². The Kier molecular flexibility index (Phi) is 139. The van der Waals surface area contributed by atoms with Crippen LogP contribution in [0.4, 0.5) is 0 Å². The van der Waals surface area contributed by atoms with Crippen molar-refractivity contribution in [3.05, 3.63) is 0 Å². The van der Waals surface area contributed by atoms with Gasteiger partial charge >= 0.3 is 88.7 Å². The van der Waals surface area contributed by atoms with Gasteiger partial charge < -0.3 is 5.11 Å². The molecule has 1 N–H and O–H groups in total. The van der Waals surface area contributed by atoms with E-state index in [2.05, 4.69) is 0 Å². The third-order valence-electron chi connectivity index (χ3n) is 0. The van der Waals surface area contributed by atoms with Gasteiger partial charge in [0, 0.05) is 7.11 Å². The molecular weight excluding hydrogens is 97.0 g/mol. The maximum atomic E-state index is 7.00. The molecule has 0 heterocycles. The maximum absolute atomic E-state index is 7.00. The molecule has 0 atom stereocenters. The van der Waals surface area contributed by atoms with Crippen molar-refractivity contribution in [3.8, 4) is 0 Å². The fourth-order valence-corrected chi connectivity index (χ4v) is 0. The van der Waals surface area contributed by atoms with Crippen molar-refractivity contribution in [2.75, 3.05) is 7.11 Å². The van der Waals surface area contributed by atoms with Crippen LogP contribution >= 0.6 is 0 Å². The van der Waals surface area contributed by atoms with Gasteiger partial charge in [-0.15, -0.1) is 0 Å². The zero-order chi connectivity index (χ0) is 2.00. The molecule has 0 aromatic carbocycles. The second-order valence-corrected chi connectivity index (χ2v) is 0. The number of rotatable bonds is 0. The Morgan fingerprint density at radius 1 is 0.800 bits per heavy atom. The van der Waals surface area contributed by atoms with Gasteiger partial charge in [-0.2, -0.15) is 0 Å². The van der Waals surface area contributed by atoms with Gasteiger partial charge in [-0.05, 0) is 0 Å². The number of aliphatic hydroxyl groups is 1. The van der Waals surface area contributed by atoms with E-state index in [1.165, 1.54) is 0 Å². The zero-order valence-corrected chi connectivity index (χ0v) is 10.4. The molecule has 0 unspecified atom stereocenters. The molecule has 0 saturated carbocycles. The summed E-state index contributed by atoms with van der Waals surface area (Å²) in [5.74, 6) is 0. The summed E-state index contributed by atoms with van der Waals surface area (Å²) in [6.07, 6.45) is 0. The van der Waals surface area contributed by atoms with Gasteiger partial charge in [0.1, 0.15) is 0 Å². The van der Waals surface area contributed by atoms with Crippen LogP contribution in [0.3, 0.4) is 0 Å². The smallest absolute Gasteiger partial charge is 0.400 e. The molecular formula is CH4Na3O+3. The summed E-state index contributed by atoms with van der Waals surface area (Å²) >= 11 is 0. The molecule has 4 heteroatoms. The molecule has 14 valence electrons. The molecule has 0 rings (SSSR count). The molecule has 0 saturated heterocycles. The van der Waals surface area contributed by atoms with Gasteiger partial charge in [0.15, 0.2) is 0 Å². The first-order valence-corrected chi connectivity index (χ1v) is 0.447. The maximum Gasteiger partial charge on any atom is 1.00 e. The van der Waals surface area contributed by atoms with Crippen LogP contribution in [0.2, 0.25) is 0 Å². The van der Waals surface area contributed by atoms with Gasteiger partial charge in [-0.1, -0.05) is 0 Å². The van der Waals surface area contributed by atoms with Crippen molar-refractivity contribution >= 4 is 0 Å². The van der Waals surface area contributed by atoms with Gasteiger partial charge in [-0.25, -0.2) is 0 Å². The van der Waals surface area contributed by atoms with Crippen LogP contribution < -0.4 is 88.7 Å². The van der Waals surface area contributed by atoms with Crippen molar-refractivity contribution in [1.29, 1.82) is 0 Å². The number of hydrogen-bond acceptors (Lipinski definition) is 1. The van der Waals surface area contributed by atoms with Crippen molar-refractivity contribution < 1.29 is 93.8 Å². The van der Waals surface area contributed by atoms with E-state index in [0.29, 0.717) is 0 Å². The molecule has 0 aromatic heterocycles. The molecule has 0 bridgehead atoms. The van der Waals surface area contributed by atoms with Crippen molar-refractivity contribution in [1.82, 2.24) is 0 Å². The summed E-state index contributed by atoms with van der Waals surface area (Å²) in [6.45, 7) is 0. The van der Waals surface area contributed by atoms with Crippen molar-refractivity contribution in [2.45, 2.75) is 0 Å². The summed E-state index contributed by atoms with van der Waals surface area (Å²) in [6, 6.07) is 0. The van der Waals surface area contributed by atoms with Crippen LogP contribution in [0.1, 0.15) is 0 Å². The molecule has 0 fully saturated rings. The van der Waals surface area contributed by atoms with Crippen LogP contribution in [-0.2, 0) is 0 Å². The zero-order valence-electron chi connectivity index (χ0n) is 4.45. The van der Waals surface area contributed by atoms with E-state index in [1.54, 1.807) is 0 Å². The van der Waals surface area contributed by atoms with Crippen molar-refractivity contribution in [2.24, 2.45) is 0 Å². The van der Waals surface area contributed by atoms with E-state index in [0.717, 1.165) is 7.11 Å².